The van der Waals surface area contributed by atoms with Gasteiger partial charge in [0.2, 0.25) is 11.8 Å². The lowest BCUT2D eigenvalue weighted by molar-refractivity contribution is -0.289. The van der Waals surface area contributed by atoms with Crippen LogP contribution >= 0.6 is 11.6 Å². The highest BCUT2D eigenvalue weighted by Gasteiger charge is 2.62. The number of benzene rings is 2. The van der Waals surface area contributed by atoms with E-state index in [-0.39, 0.29) is 21.2 Å². The smallest absolute Gasteiger partial charge is 0.437 e. The molecule has 0 unspecified atom stereocenters. The molecule has 1 fully saturated rings. The molecule has 10 nitrogen and oxygen atoms in total. The van der Waals surface area contributed by atoms with Crippen molar-refractivity contribution in [2.24, 2.45) is 7.05 Å². The quantitative estimate of drug-likeness (QED) is 0.221. The van der Waals surface area contributed by atoms with E-state index in [2.05, 4.69) is 24.7 Å². The molecule has 0 radical (unpaired) electrons. The zero-order valence-corrected chi connectivity index (χ0v) is 26.6. The monoisotopic (exact) mass is 685 g/mol. The Morgan fingerprint density at radius 2 is 1.57 bits per heavy atom. The van der Waals surface area contributed by atoms with Crippen molar-refractivity contribution in [3.63, 3.8) is 0 Å². The molecule has 0 bridgehead atoms. The van der Waals surface area contributed by atoms with Crippen molar-refractivity contribution in [2.45, 2.75) is 30.8 Å². The molecule has 0 aliphatic carbocycles. The number of halogens is 6. The van der Waals surface area contributed by atoms with E-state index in [9.17, 15) is 21.6 Å². The van der Waals surface area contributed by atoms with Gasteiger partial charge in [0.25, 0.3) is 10.0 Å². The van der Waals surface area contributed by atoms with Crippen molar-refractivity contribution in [3.05, 3.63) is 70.5 Å². The molecule has 1 saturated heterocycles. The van der Waals surface area contributed by atoms with Crippen LogP contribution in [0.4, 0.5) is 33.6 Å². The van der Waals surface area contributed by atoms with E-state index in [0.29, 0.717) is 43.0 Å². The second-order valence-corrected chi connectivity index (χ2v) is 12.9. The molecule has 2 aromatic carbocycles. The summed E-state index contributed by atoms with van der Waals surface area (Å²) in [4.78, 5) is 11.4. The second kappa shape index (κ2) is 12.3. The van der Waals surface area contributed by atoms with Crippen LogP contribution in [0.3, 0.4) is 0 Å². The van der Waals surface area contributed by atoms with Crippen molar-refractivity contribution < 1.29 is 35.1 Å². The normalized spacial score (nSPS) is 14.9. The minimum atomic E-state index is -6.11. The Labute approximate surface area is 266 Å². The summed E-state index contributed by atoms with van der Waals surface area (Å²) in [5, 5.41) is 3.75. The van der Waals surface area contributed by atoms with E-state index in [4.69, 9.17) is 16.3 Å². The number of hydrogen-bond acceptors (Lipinski definition) is 8. The molecule has 3 heterocycles. The van der Waals surface area contributed by atoms with Crippen LogP contribution in [0.25, 0.3) is 11.3 Å². The van der Waals surface area contributed by atoms with Gasteiger partial charge in [0.15, 0.2) is 0 Å². The summed E-state index contributed by atoms with van der Waals surface area (Å²) in [6.07, 6.45) is -3.94. The fourth-order valence-electron chi connectivity index (χ4n) is 5.04. The van der Waals surface area contributed by atoms with Gasteiger partial charge in [-0.3, -0.25) is 4.68 Å². The number of nitrogens with zero attached hydrogens (tertiary/aromatic N) is 6. The number of nitrogens with one attached hydrogen (secondary N) is 1. The van der Waals surface area contributed by atoms with Crippen LogP contribution in [-0.2, 0) is 23.0 Å². The van der Waals surface area contributed by atoms with Gasteiger partial charge in [-0.1, -0.05) is 35.9 Å². The number of aromatic nitrogens is 4. The maximum atomic E-state index is 15.6. The Bertz CT molecular complexity index is 1860. The van der Waals surface area contributed by atoms with Gasteiger partial charge in [0.05, 0.1) is 17.6 Å². The average Bonchev–Trinajstić information content (AvgIpc) is 3.41. The van der Waals surface area contributed by atoms with Crippen molar-refractivity contribution >= 4 is 33.3 Å². The standard InChI is InChI=1S/C29H29ClF5N7O3S/c1-17-7-5-8-18(2)22(17)25-23(28(31,32)29(33,34)35)26(38-27(37-25)39-46(43,44)19-15-36-41(4)16-19)45-21-10-6-9-20(24(21)30)42-13-11-40(3)12-14-42/h5-10,15-16H,11-14H2,1-4H3,(H,37,38,39). The first-order chi connectivity index (χ1) is 21.5. The summed E-state index contributed by atoms with van der Waals surface area (Å²) >= 11 is 6.67. The maximum absolute atomic E-state index is 15.6. The van der Waals surface area contributed by atoms with E-state index in [1.54, 1.807) is 12.1 Å². The number of hydrogen-bond donors (Lipinski definition) is 1. The zero-order valence-electron chi connectivity index (χ0n) is 25.0. The first-order valence-electron chi connectivity index (χ1n) is 13.8. The van der Waals surface area contributed by atoms with Crippen molar-refractivity contribution in [2.75, 3.05) is 42.8 Å². The van der Waals surface area contributed by atoms with Crippen LogP contribution < -0.4 is 14.4 Å². The third-order valence-corrected chi connectivity index (χ3v) is 9.14. The largest absolute Gasteiger partial charge is 0.458 e. The van der Waals surface area contributed by atoms with Crippen LogP contribution in [-0.4, -0.2) is 72.5 Å². The summed E-state index contributed by atoms with van der Waals surface area (Å²) in [6, 6.07) is 9.05. The lowest BCUT2D eigenvalue weighted by Gasteiger charge is -2.34. The zero-order chi connectivity index (χ0) is 33.6. The van der Waals surface area contributed by atoms with Gasteiger partial charge in [-0.25, -0.2) is 18.1 Å². The predicted octanol–water partition coefficient (Wildman–Crippen LogP) is 6.15. The maximum Gasteiger partial charge on any atom is 0.458 e. The topological polar surface area (TPSA) is 105 Å². The Hall–Kier alpha value is -4.02. The van der Waals surface area contributed by atoms with Crippen molar-refractivity contribution in [3.8, 4) is 22.9 Å². The van der Waals surface area contributed by atoms with Gasteiger partial charge < -0.3 is 14.5 Å². The molecule has 246 valence electrons. The van der Waals surface area contributed by atoms with E-state index in [1.165, 1.54) is 49.8 Å². The number of ether oxygens (including phenoxy) is 1. The molecular formula is C29H29ClF5N7O3S. The minimum Gasteiger partial charge on any atom is -0.437 e. The van der Waals surface area contributed by atoms with E-state index in [1.807, 2.05) is 11.9 Å². The molecular weight excluding hydrogens is 657 g/mol. The summed E-state index contributed by atoms with van der Waals surface area (Å²) < 4.78 is 109. The van der Waals surface area contributed by atoms with Crippen LogP contribution in [0.1, 0.15) is 16.7 Å². The number of piperazine rings is 1. The van der Waals surface area contributed by atoms with Crippen molar-refractivity contribution in [1.82, 2.24) is 24.6 Å². The van der Waals surface area contributed by atoms with Gasteiger partial charge in [-0.15, -0.1) is 0 Å². The number of likely N-dealkylation sites (N-methyl/N-ethyl adjacent to an activating group) is 1. The van der Waals surface area contributed by atoms with Crippen LogP contribution in [0.5, 0.6) is 11.6 Å². The third-order valence-electron chi connectivity index (χ3n) is 7.47. The number of alkyl halides is 5. The Morgan fingerprint density at radius 3 is 2.15 bits per heavy atom. The van der Waals surface area contributed by atoms with Crippen molar-refractivity contribution in [1.29, 1.82) is 0 Å². The molecule has 1 aliphatic heterocycles. The predicted molar refractivity (Wildman–Crippen MR) is 162 cm³/mol. The fraction of sp³-hybridized carbons (Fsp3) is 0.345. The van der Waals surface area contributed by atoms with E-state index >= 15 is 8.78 Å². The summed E-state index contributed by atoms with van der Waals surface area (Å²) in [5.74, 6) is -7.88. The van der Waals surface area contributed by atoms with Crippen LogP contribution in [0.15, 0.2) is 53.7 Å². The Kier molecular flexibility index (Phi) is 8.92. The van der Waals surface area contributed by atoms with Gasteiger partial charge in [-0.2, -0.15) is 32.0 Å². The van der Waals surface area contributed by atoms with Crippen LogP contribution in [0.2, 0.25) is 5.02 Å². The van der Waals surface area contributed by atoms with Crippen LogP contribution in [0, 0.1) is 13.8 Å². The highest BCUT2D eigenvalue weighted by atomic mass is 35.5. The molecule has 0 saturated carbocycles. The fourth-order valence-corrected chi connectivity index (χ4v) is 6.25. The Balaban J connectivity index is 1.75. The third kappa shape index (κ3) is 6.46. The summed E-state index contributed by atoms with van der Waals surface area (Å²) in [7, 11) is -1.06. The molecule has 0 spiro atoms. The lowest BCUT2D eigenvalue weighted by atomic mass is 9.94. The first-order valence-corrected chi connectivity index (χ1v) is 15.7. The van der Waals surface area contributed by atoms with Gasteiger partial charge in [0.1, 0.15) is 21.2 Å². The highest BCUT2D eigenvalue weighted by molar-refractivity contribution is 7.92. The van der Waals surface area contributed by atoms with Gasteiger partial charge in [0, 0.05) is 45.0 Å². The molecule has 2 aromatic heterocycles. The molecule has 17 heteroatoms. The highest BCUT2D eigenvalue weighted by Crippen LogP contribution is 2.52. The molecule has 46 heavy (non-hydrogen) atoms. The second-order valence-electron chi connectivity index (χ2n) is 10.9. The Morgan fingerprint density at radius 1 is 0.935 bits per heavy atom. The molecule has 1 N–H and O–H groups in total. The molecule has 5 rings (SSSR count). The minimum absolute atomic E-state index is 0.0574. The van der Waals surface area contributed by atoms with E-state index < -0.39 is 45.2 Å². The average molecular weight is 686 g/mol. The first kappa shape index (κ1) is 33.3. The number of aryl methyl sites for hydroxylation is 3. The number of anilines is 2. The number of rotatable bonds is 8. The SMILES string of the molecule is Cc1cccc(C)c1-c1nc(NS(=O)(=O)c2cnn(C)c2)nc(Oc2cccc(N3CCN(C)CC3)c2Cl)c1C(F)(F)C(F)(F)F. The molecule has 0 amide bonds. The lowest BCUT2D eigenvalue weighted by Crippen LogP contribution is -2.44. The molecule has 1 aliphatic rings. The summed E-state index contributed by atoms with van der Waals surface area (Å²) in [5.41, 5.74) is -1.62. The summed E-state index contributed by atoms with van der Waals surface area (Å²) in [6.45, 7) is 5.54. The van der Waals surface area contributed by atoms with E-state index in [0.717, 1.165) is 12.4 Å². The molecule has 4 aromatic rings. The number of sulfonamides is 1. The van der Waals surface area contributed by atoms with Gasteiger partial charge >= 0.3 is 12.1 Å². The molecule has 0 atom stereocenters. The van der Waals surface area contributed by atoms with Gasteiger partial charge in [-0.05, 0) is 44.2 Å².